The monoisotopic (exact) mass is 339 g/mol. The molecule has 1 aliphatic heterocycles. The highest BCUT2D eigenvalue weighted by Crippen LogP contribution is 2.29. The SMILES string of the molecule is Cc1ccc(Cl)c(C(=O)O)c1NC=C1C(=O)OC(C)(C)OC1=O. The molecule has 0 radical (unpaired) electrons. The summed E-state index contributed by atoms with van der Waals surface area (Å²) in [7, 11) is 0. The van der Waals surface area contributed by atoms with Gasteiger partial charge in [0.25, 0.3) is 5.79 Å². The van der Waals surface area contributed by atoms with Gasteiger partial charge in [-0.1, -0.05) is 17.7 Å². The standard InChI is InChI=1S/C15H14ClNO6/c1-7-4-5-9(16)10(12(18)19)11(7)17-6-8-13(20)22-15(2,3)23-14(8)21/h4-6,17H,1-3H3,(H,18,19). The van der Waals surface area contributed by atoms with Gasteiger partial charge in [-0.2, -0.15) is 0 Å². The zero-order chi connectivity index (χ0) is 17.4. The first-order chi connectivity index (χ1) is 10.6. The van der Waals surface area contributed by atoms with Gasteiger partial charge in [-0.3, -0.25) is 0 Å². The molecule has 0 saturated carbocycles. The first-order valence-corrected chi connectivity index (χ1v) is 6.96. The number of rotatable bonds is 3. The average Bonchev–Trinajstić information content (AvgIpc) is 2.39. The number of esters is 2. The normalized spacial score (nSPS) is 16.4. The lowest BCUT2D eigenvalue weighted by molar-refractivity contribution is -0.222. The lowest BCUT2D eigenvalue weighted by Gasteiger charge is -2.29. The Bertz CT molecular complexity index is 716. The molecule has 1 aromatic rings. The Balaban J connectivity index is 2.38. The van der Waals surface area contributed by atoms with Crippen LogP contribution in [0.2, 0.25) is 5.02 Å². The van der Waals surface area contributed by atoms with Crippen molar-refractivity contribution in [2.75, 3.05) is 5.32 Å². The van der Waals surface area contributed by atoms with Crippen molar-refractivity contribution in [1.29, 1.82) is 0 Å². The van der Waals surface area contributed by atoms with Crippen LogP contribution in [0.5, 0.6) is 0 Å². The van der Waals surface area contributed by atoms with Gasteiger partial charge in [-0.05, 0) is 18.6 Å². The average molecular weight is 340 g/mol. The highest BCUT2D eigenvalue weighted by Gasteiger charge is 2.39. The molecule has 1 fully saturated rings. The molecule has 0 atom stereocenters. The summed E-state index contributed by atoms with van der Waals surface area (Å²) >= 11 is 5.89. The molecule has 0 aliphatic carbocycles. The number of aromatic carboxylic acids is 1. The van der Waals surface area contributed by atoms with E-state index in [1.54, 1.807) is 13.0 Å². The highest BCUT2D eigenvalue weighted by molar-refractivity contribution is 6.34. The van der Waals surface area contributed by atoms with Gasteiger partial charge in [0, 0.05) is 20.0 Å². The fourth-order valence-corrected chi connectivity index (χ4v) is 2.24. The number of benzene rings is 1. The van der Waals surface area contributed by atoms with Gasteiger partial charge in [0.1, 0.15) is 5.56 Å². The summed E-state index contributed by atoms with van der Waals surface area (Å²) in [5, 5.41) is 11.9. The molecule has 2 N–H and O–H groups in total. The number of carboxylic acid groups (broad SMARTS) is 1. The summed E-state index contributed by atoms with van der Waals surface area (Å²) in [5.74, 6) is -4.32. The summed E-state index contributed by atoms with van der Waals surface area (Å²) in [4.78, 5) is 35.0. The summed E-state index contributed by atoms with van der Waals surface area (Å²) in [5.41, 5.74) is 0.200. The van der Waals surface area contributed by atoms with E-state index >= 15 is 0 Å². The van der Waals surface area contributed by atoms with E-state index in [9.17, 15) is 19.5 Å². The van der Waals surface area contributed by atoms with Crippen LogP contribution >= 0.6 is 11.6 Å². The van der Waals surface area contributed by atoms with E-state index in [0.717, 1.165) is 6.20 Å². The molecule has 1 aromatic carbocycles. The summed E-state index contributed by atoms with van der Waals surface area (Å²) in [6.45, 7) is 4.51. The van der Waals surface area contributed by atoms with Crippen molar-refractivity contribution in [3.63, 3.8) is 0 Å². The fourth-order valence-electron chi connectivity index (χ4n) is 2.00. The molecule has 0 amide bonds. The van der Waals surface area contributed by atoms with Crippen molar-refractivity contribution in [2.24, 2.45) is 0 Å². The lowest BCUT2D eigenvalue weighted by Crippen LogP contribution is -2.42. The summed E-state index contributed by atoms with van der Waals surface area (Å²) in [6.07, 6.45) is 1.05. The zero-order valence-electron chi connectivity index (χ0n) is 12.6. The van der Waals surface area contributed by atoms with E-state index in [4.69, 9.17) is 21.1 Å². The first-order valence-electron chi connectivity index (χ1n) is 6.58. The third-order valence-corrected chi connectivity index (χ3v) is 3.37. The molecule has 0 unspecified atom stereocenters. The number of halogens is 1. The number of hydrogen-bond donors (Lipinski definition) is 2. The summed E-state index contributed by atoms with van der Waals surface area (Å²) in [6, 6.07) is 3.06. The van der Waals surface area contributed by atoms with E-state index in [-0.39, 0.29) is 21.8 Å². The predicted octanol–water partition coefficient (Wildman–Crippen LogP) is 2.48. The number of carboxylic acids is 1. The van der Waals surface area contributed by atoms with Gasteiger partial charge in [-0.25, -0.2) is 14.4 Å². The van der Waals surface area contributed by atoms with E-state index < -0.39 is 23.7 Å². The minimum atomic E-state index is -1.34. The Kier molecular flexibility index (Phi) is 4.33. The van der Waals surface area contributed by atoms with Gasteiger partial charge in [-0.15, -0.1) is 0 Å². The zero-order valence-corrected chi connectivity index (χ0v) is 13.4. The van der Waals surface area contributed by atoms with Gasteiger partial charge < -0.3 is 19.9 Å². The minimum Gasteiger partial charge on any atom is -0.478 e. The van der Waals surface area contributed by atoms with Gasteiger partial charge in [0.2, 0.25) is 0 Å². The molecule has 0 aromatic heterocycles. The number of cyclic esters (lactones) is 2. The van der Waals surface area contributed by atoms with Crippen molar-refractivity contribution in [3.05, 3.63) is 40.1 Å². The van der Waals surface area contributed by atoms with Gasteiger partial charge in [0.05, 0.1) is 10.7 Å². The first kappa shape index (κ1) is 16.8. The molecular weight excluding hydrogens is 326 g/mol. The second kappa shape index (κ2) is 5.92. The van der Waals surface area contributed by atoms with Crippen LogP contribution in [-0.2, 0) is 19.1 Å². The van der Waals surface area contributed by atoms with Crippen molar-refractivity contribution in [2.45, 2.75) is 26.6 Å². The smallest absolute Gasteiger partial charge is 0.350 e. The van der Waals surface area contributed by atoms with Crippen molar-refractivity contribution < 1.29 is 29.0 Å². The van der Waals surface area contributed by atoms with Crippen LogP contribution in [-0.4, -0.2) is 28.8 Å². The second-order valence-electron chi connectivity index (χ2n) is 5.30. The number of carbonyl (C=O) groups is 3. The Morgan fingerprint density at radius 3 is 2.35 bits per heavy atom. The van der Waals surface area contributed by atoms with Crippen molar-refractivity contribution in [1.82, 2.24) is 0 Å². The number of nitrogens with one attached hydrogen (secondary N) is 1. The molecule has 122 valence electrons. The molecular formula is C15H14ClNO6. The van der Waals surface area contributed by atoms with E-state index in [0.29, 0.717) is 5.56 Å². The maximum atomic E-state index is 11.8. The molecule has 7 nitrogen and oxygen atoms in total. The van der Waals surface area contributed by atoms with E-state index in [2.05, 4.69) is 5.32 Å². The van der Waals surface area contributed by atoms with Crippen LogP contribution in [0.3, 0.4) is 0 Å². The number of anilines is 1. The molecule has 1 saturated heterocycles. The number of hydrogen-bond acceptors (Lipinski definition) is 6. The Labute approximate surface area is 136 Å². The number of ether oxygens (including phenoxy) is 2. The van der Waals surface area contributed by atoms with Crippen molar-refractivity contribution >= 4 is 35.2 Å². The quantitative estimate of drug-likeness (QED) is 0.495. The van der Waals surface area contributed by atoms with Crippen LogP contribution in [0.15, 0.2) is 23.9 Å². The van der Waals surface area contributed by atoms with E-state index in [1.807, 2.05) is 0 Å². The topological polar surface area (TPSA) is 102 Å². The van der Waals surface area contributed by atoms with Crippen LogP contribution in [0.1, 0.15) is 29.8 Å². The molecule has 8 heteroatoms. The van der Waals surface area contributed by atoms with Crippen LogP contribution in [0.4, 0.5) is 5.69 Å². The molecule has 1 heterocycles. The molecule has 0 spiro atoms. The lowest BCUT2D eigenvalue weighted by atomic mass is 10.1. The molecule has 23 heavy (non-hydrogen) atoms. The Morgan fingerprint density at radius 1 is 1.26 bits per heavy atom. The number of carbonyl (C=O) groups excluding carboxylic acids is 2. The van der Waals surface area contributed by atoms with Crippen LogP contribution < -0.4 is 5.32 Å². The Hall–Kier alpha value is -2.54. The van der Waals surface area contributed by atoms with Crippen LogP contribution in [0.25, 0.3) is 0 Å². The maximum absolute atomic E-state index is 11.8. The predicted molar refractivity (Wildman–Crippen MR) is 81.1 cm³/mol. The third-order valence-electron chi connectivity index (χ3n) is 3.05. The summed E-state index contributed by atoms with van der Waals surface area (Å²) < 4.78 is 9.89. The molecule has 2 rings (SSSR count). The third kappa shape index (κ3) is 3.45. The Morgan fingerprint density at radius 2 is 1.83 bits per heavy atom. The minimum absolute atomic E-state index is 0.0268. The highest BCUT2D eigenvalue weighted by atomic mass is 35.5. The van der Waals surface area contributed by atoms with Gasteiger partial charge in [0.15, 0.2) is 5.57 Å². The molecule has 1 aliphatic rings. The van der Waals surface area contributed by atoms with Crippen LogP contribution in [0, 0.1) is 6.92 Å². The largest absolute Gasteiger partial charge is 0.478 e. The second-order valence-corrected chi connectivity index (χ2v) is 5.71. The van der Waals surface area contributed by atoms with E-state index in [1.165, 1.54) is 19.9 Å². The molecule has 0 bridgehead atoms. The van der Waals surface area contributed by atoms with Crippen molar-refractivity contribution in [3.8, 4) is 0 Å². The fraction of sp³-hybridized carbons (Fsp3) is 0.267. The number of aryl methyl sites for hydroxylation is 1. The van der Waals surface area contributed by atoms with Gasteiger partial charge >= 0.3 is 17.9 Å². The maximum Gasteiger partial charge on any atom is 0.350 e.